The van der Waals surface area contributed by atoms with Gasteiger partial charge in [0.25, 0.3) is 12.6 Å². The Morgan fingerprint density at radius 1 is 1.25 bits per heavy atom. The van der Waals surface area contributed by atoms with Crippen molar-refractivity contribution in [2.24, 2.45) is 0 Å². The number of fused-ring (bicyclic) bond motifs is 1. The van der Waals surface area contributed by atoms with Crippen LogP contribution in [-0.2, 0) is 31.7 Å². The van der Waals surface area contributed by atoms with E-state index in [0.29, 0.717) is 5.75 Å². The van der Waals surface area contributed by atoms with E-state index in [2.05, 4.69) is 20.0 Å². The van der Waals surface area contributed by atoms with Crippen molar-refractivity contribution in [1.29, 1.82) is 0 Å². The molecule has 15 nitrogen and oxygen atoms in total. The molecule has 218 valence electrons. The van der Waals surface area contributed by atoms with Crippen molar-refractivity contribution in [3.63, 3.8) is 0 Å². The fourth-order valence-corrected chi connectivity index (χ4v) is 5.52. The lowest BCUT2D eigenvalue weighted by Crippen LogP contribution is -2.55. The van der Waals surface area contributed by atoms with Crippen molar-refractivity contribution < 1.29 is 38.9 Å². The van der Waals surface area contributed by atoms with Gasteiger partial charge in [-0.25, -0.2) is 4.98 Å². The molecule has 5 atom stereocenters. The van der Waals surface area contributed by atoms with E-state index in [-0.39, 0.29) is 40.7 Å². The predicted molar refractivity (Wildman–Crippen MR) is 147 cm³/mol. The number of aliphatic hydroxyl groups is 3. The van der Waals surface area contributed by atoms with Crippen LogP contribution >= 0.6 is 6.64 Å². The Kier molecular flexibility index (Phi) is 8.27. The first-order valence-corrected chi connectivity index (χ1v) is 14.7. The third kappa shape index (κ3) is 5.84. The Balaban J connectivity index is 1.52. The third-order valence-corrected chi connectivity index (χ3v) is 7.70. The smallest absolute Gasteiger partial charge is 0.305 e. The van der Waals surface area contributed by atoms with Crippen molar-refractivity contribution in [2.45, 2.75) is 57.5 Å². The van der Waals surface area contributed by atoms with E-state index in [9.17, 15) is 20.2 Å². The van der Waals surface area contributed by atoms with Crippen LogP contribution in [0.5, 0.6) is 5.75 Å². The van der Waals surface area contributed by atoms with Crippen LogP contribution in [0.2, 0.25) is 0 Å². The molecule has 0 bridgehead atoms. The number of hydrogen-bond acceptors (Lipinski definition) is 13. The second-order valence-electron chi connectivity index (χ2n) is 9.53. The molecule has 0 amide bonds. The number of hydrogen-bond donors (Lipinski definition) is 7. The molecule has 4 rings (SSSR count). The zero-order chi connectivity index (χ0) is 29.5. The number of allylic oxidation sites excluding steroid dienone is 1. The molecule has 0 saturated carbocycles. The average molecular weight is 598 g/mol. The highest BCUT2D eigenvalue weighted by Crippen LogP contribution is 2.46. The molecule has 17 heteroatoms. The fourth-order valence-electron chi connectivity index (χ4n) is 4.00. The molecular formula is C23H32N7O8PS. The van der Waals surface area contributed by atoms with Crippen LogP contribution in [0.3, 0.4) is 0 Å². The van der Waals surface area contributed by atoms with Crippen molar-refractivity contribution >= 4 is 41.4 Å². The summed E-state index contributed by atoms with van der Waals surface area (Å²) in [6.07, 6.45) is -2.22. The molecular weight excluding hydrogens is 565 g/mol. The number of ether oxygens (including phenoxy) is 3. The molecule has 40 heavy (non-hydrogen) atoms. The van der Waals surface area contributed by atoms with E-state index in [1.165, 1.54) is 0 Å². The van der Waals surface area contributed by atoms with E-state index in [0.717, 1.165) is 17.8 Å². The first-order chi connectivity index (χ1) is 18.6. The minimum atomic E-state index is -3.79. The maximum atomic E-state index is 11.4. The Labute approximate surface area is 234 Å². The van der Waals surface area contributed by atoms with Crippen molar-refractivity contribution in [2.75, 3.05) is 18.1 Å². The second kappa shape index (κ2) is 11.1. The van der Waals surface area contributed by atoms with Gasteiger partial charge in [-0.1, -0.05) is 18.2 Å². The first-order valence-electron chi connectivity index (χ1n) is 12.1. The summed E-state index contributed by atoms with van der Waals surface area (Å²) in [6.45, 7) is 2.02. The zero-order valence-electron chi connectivity index (χ0n) is 22.1. The largest absolute Gasteiger partial charge is 0.461 e. The average Bonchev–Trinajstić information content (AvgIpc) is 3.36. The SMILES string of the molecule is CC(N[P@@](O)(=S)OC[C@H]1O[C@](O)(n2cnc3c(N)nc(N)nc32)[C@](C)(O)[C@@H]1O)=C(Oc1ccccc1)OC(C)C. The van der Waals surface area contributed by atoms with Gasteiger partial charge in [0.1, 0.15) is 24.3 Å². The van der Waals surface area contributed by atoms with Gasteiger partial charge in [0.15, 0.2) is 22.6 Å². The highest BCUT2D eigenvalue weighted by atomic mass is 32.5. The molecule has 0 aliphatic carbocycles. The lowest BCUT2D eigenvalue weighted by atomic mass is 9.94. The summed E-state index contributed by atoms with van der Waals surface area (Å²) in [5, 5.41) is 36.1. The number of para-hydroxylation sites is 1. The Morgan fingerprint density at radius 2 is 1.93 bits per heavy atom. The standard InChI is InChI=1S/C23H32N7O8PS/c1-12(2)36-20(37-14-8-6-5-7-9-14)13(3)29-39(34,40)35-10-15-17(31)22(4,32)23(33,38-15)30-11-26-16-18(24)27-21(25)28-19(16)30/h5-9,11-12,15,17,31-33H,10H2,1-4H3,(H2,29,34,40)(H4,24,25,27,28)/t15-,17-,22-,23+,39+/m1/s1. The second-order valence-corrected chi connectivity index (χ2v) is 12.5. The normalized spacial score (nSPS) is 26.9. The fraction of sp³-hybridized carbons (Fsp3) is 0.435. The van der Waals surface area contributed by atoms with Crippen LogP contribution in [0.15, 0.2) is 48.3 Å². The molecule has 1 fully saturated rings. The molecule has 3 heterocycles. The number of imidazole rings is 1. The van der Waals surface area contributed by atoms with Gasteiger partial charge < -0.3 is 55.5 Å². The van der Waals surface area contributed by atoms with Crippen LogP contribution < -0.4 is 21.3 Å². The van der Waals surface area contributed by atoms with E-state index < -0.39 is 37.0 Å². The zero-order valence-corrected chi connectivity index (χ0v) is 23.8. The number of nitrogens with two attached hydrogens (primary N) is 2. The summed E-state index contributed by atoms with van der Waals surface area (Å²) in [7, 11) is 0. The highest BCUT2D eigenvalue weighted by Gasteiger charge is 2.64. The van der Waals surface area contributed by atoms with Crippen LogP contribution in [0.4, 0.5) is 11.8 Å². The number of nitrogens with one attached hydrogen (secondary N) is 1. The maximum Gasteiger partial charge on any atom is 0.305 e. The van der Waals surface area contributed by atoms with Crippen molar-refractivity contribution in [3.05, 3.63) is 48.3 Å². The summed E-state index contributed by atoms with van der Waals surface area (Å²) in [5.74, 6) is -2.30. The molecule has 1 aliphatic rings. The monoisotopic (exact) mass is 597 g/mol. The number of nitrogens with zero attached hydrogens (tertiary/aromatic N) is 4. The van der Waals surface area contributed by atoms with Gasteiger partial charge in [-0.05, 0) is 51.6 Å². The quantitative estimate of drug-likeness (QED) is 0.126. The number of rotatable bonds is 10. The van der Waals surface area contributed by atoms with E-state index >= 15 is 0 Å². The van der Waals surface area contributed by atoms with Gasteiger partial charge >= 0.3 is 5.95 Å². The topological polar surface area (TPSA) is 226 Å². The highest BCUT2D eigenvalue weighted by molar-refractivity contribution is 8.08. The number of benzene rings is 1. The van der Waals surface area contributed by atoms with Crippen LogP contribution in [-0.4, -0.2) is 70.3 Å². The van der Waals surface area contributed by atoms with Crippen molar-refractivity contribution in [1.82, 2.24) is 24.6 Å². The maximum absolute atomic E-state index is 11.4. The molecule has 0 radical (unpaired) electrons. The minimum Gasteiger partial charge on any atom is -0.461 e. The van der Waals surface area contributed by atoms with Gasteiger partial charge in [-0.15, -0.1) is 0 Å². The van der Waals surface area contributed by atoms with Gasteiger partial charge in [0.2, 0.25) is 5.95 Å². The lowest BCUT2D eigenvalue weighted by Gasteiger charge is -2.34. The van der Waals surface area contributed by atoms with Gasteiger partial charge in [-0.3, -0.25) is 4.57 Å². The number of nitrogen functional groups attached to an aromatic ring is 2. The van der Waals surface area contributed by atoms with Gasteiger partial charge in [0.05, 0.1) is 18.4 Å². The van der Waals surface area contributed by atoms with Gasteiger partial charge in [0, 0.05) is 0 Å². The number of aliphatic hydroxyl groups excluding tert-OH is 1. The summed E-state index contributed by atoms with van der Waals surface area (Å²) >= 11 is 5.24. The summed E-state index contributed by atoms with van der Waals surface area (Å²) in [5.41, 5.74) is 9.49. The number of anilines is 2. The summed E-state index contributed by atoms with van der Waals surface area (Å²) in [6, 6.07) is 8.87. The number of aromatic nitrogens is 4. The Morgan fingerprint density at radius 3 is 2.58 bits per heavy atom. The molecule has 1 aliphatic heterocycles. The minimum absolute atomic E-state index is 0.0488. The molecule has 9 N–H and O–H groups in total. The van der Waals surface area contributed by atoms with E-state index in [1.807, 2.05) is 6.07 Å². The summed E-state index contributed by atoms with van der Waals surface area (Å²) < 4.78 is 23.7. The first kappa shape index (κ1) is 29.9. The molecule has 1 saturated heterocycles. The van der Waals surface area contributed by atoms with Crippen molar-refractivity contribution in [3.8, 4) is 5.75 Å². The third-order valence-electron chi connectivity index (χ3n) is 6.00. The predicted octanol–water partition coefficient (Wildman–Crippen LogP) is 0.620. The molecule has 0 unspecified atom stereocenters. The van der Waals surface area contributed by atoms with E-state index in [4.69, 9.17) is 42.0 Å². The summed E-state index contributed by atoms with van der Waals surface area (Å²) in [4.78, 5) is 22.7. The molecule has 0 spiro atoms. The Bertz CT molecular complexity index is 1450. The molecule has 2 aromatic heterocycles. The van der Waals surface area contributed by atoms with Crippen LogP contribution in [0.25, 0.3) is 11.2 Å². The lowest BCUT2D eigenvalue weighted by molar-refractivity contribution is -0.317. The molecule has 1 aromatic carbocycles. The molecule has 3 aromatic rings. The van der Waals surface area contributed by atoms with Crippen LogP contribution in [0, 0.1) is 0 Å². The van der Waals surface area contributed by atoms with E-state index in [1.54, 1.807) is 45.0 Å². The van der Waals surface area contributed by atoms with Gasteiger partial charge in [-0.2, -0.15) is 9.97 Å². The Hall–Kier alpha value is -3.08. The van der Waals surface area contributed by atoms with Crippen LogP contribution in [0.1, 0.15) is 27.7 Å².